The highest BCUT2D eigenvalue weighted by molar-refractivity contribution is 6.32. The third kappa shape index (κ3) is 2.70. The van der Waals surface area contributed by atoms with Gasteiger partial charge in [0.05, 0.1) is 7.11 Å². The van der Waals surface area contributed by atoms with E-state index in [1.807, 2.05) is 0 Å². The minimum atomic E-state index is -0.859. The molecule has 3 N–H and O–H groups in total. The lowest BCUT2D eigenvalue weighted by atomic mass is 9.91. The molecule has 1 aliphatic rings. The lowest BCUT2D eigenvalue weighted by Crippen LogP contribution is -2.51. The van der Waals surface area contributed by atoms with Crippen molar-refractivity contribution in [1.29, 1.82) is 0 Å². The summed E-state index contributed by atoms with van der Waals surface area (Å²) in [4.78, 5) is 22.0. The standard InChI is InChI=1S/C9H16N2O3/c1-14-9(13)8(12)11-7-5-3-2-4-6(7)10/h6-7H,2-5,10H2,1H3,(H,11,12). The maximum absolute atomic E-state index is 11.1. The molecule has 0 radical (unpaired) electrons. The van der Waals surface area contributed by atoms with Gasteiger partial charge in [0.2, 0.25) is 0 Å². The normalized spacial score (nSPS) is 26.7. The van der Waals surface area contributed by atoms with Crippen LogP contribution in [0.5, 0.6) is 0 Å². The Bertz CT molecular complexity index is 230. The molecule has 0 aromatic carbocycles. The van der Waals surface area contributed by atoms with Gasteiger partial charge in [-0.05, 0) is 12.8 Å². The fraction of sp³-hybridized carbons (Fsp3) is 0.778. The summed E-state index contributed by atoms with van der Waals surface area (Å²) in [5.41, 5.74) is 5.80. The SMILES string of the molecule is COC(=O)C(=O)NC1CCCCC1N. The van der Waals surface area contributed by atoms with Crippen molar-refractivity contribution in [1.82, 2.24) is 5.32 Å². The molecule has 1 fully saturated rings. The molecule has 2 unspecified atom stereocenters. The van der Waals surface area contributed by atoms with Gasteiger partial charge in [0, 0.05) is 12.1 Å². The predicted molar refractivity (Wildman–Crippen MR) is 50.4 cm³/mol. The number of amides is 1. The Morgan fingerprint density at radius 1 is 1.36 bits per heavy atom. The summed E-state index contributed by atoms with van der Waals surface area (Å²) in [7, 11) is 1.18. The first-order chi connectivity index (χ1) is 6.65. The third-order valence-electron chi connectivity index (χ3n) is 2.51. The topological polar surface area (TPSA) is 81.4 Å². The first-order valence-corrected chi connectivity index (χ1v) is 4.79. The Morgan fingerprint density at radius 2 is 2.00 bits per heavy atom. The van der Waals surface area contributed by atoms with Gasteiger partial charge in [0.25, 0.3) is 0 Å². The molecule has 80 valence electrons. The molecule has 0 aromatic rings. The van der Waals surface area contributed by atoms with Gasteiger partial charge in [-0.25, -0.2) is 4.79 Å². The van der Waals surface area contributed by atoms with Gasteiger partial charge < -0.3 is 15.8 Å². The highest BCUT2D eigenvalue weighted by Gasteiger charge is 2.25. The lowest BCUT2D eigenvalue weighted by molar-refractivity contribution is -0.153. The Morgan fingerprint density at radius 3 is 2.57 bits per heavy atom. The van der Waals surface area contributed by atoms with Crippen LogP contribution in [0.25, 0.3) is 0 Å². The van der Waals surface area contributed by atoms with Crippen molar-refractivity contribution in [2.75, 3.05) is 7.11 Å². The van der Waals surface area contributed by atoms with E-state index in [9.17, 15) is 9.59 Å². The average Bonchev–Trinajstić information content (AvgIpc) is 2.20. The Hall–Kier alpha value is -1.10. The molecule has 1 amide bonds. The molecule has 1 saturated carbocycles. The zero-order valence-electron chi connectivity index (χ0n) is 8.29. The van der Waals surface area contributed by atoms with E-state index >= 15 is 0 Å². The maximum Gasteiger partial charge on any atom is 0.396 e. The van der Waals surface area contributed by atoms with Crippen molar-refractivity contribution in [3.05, 3.63) is 0 Å². The molecule has 0 heterocycles. The molecule has 5 heteroatoms. The van der Waals surface area contributed by atoms with Gasteiger partial charge in [0.15, 0.2) is 0 Å². The number of esters is 1. The van der Waals surface area contributed by atoms with E-state index in [2.05, 4.69) is 10.1 Å². The van der Waals surface area contributed by atoms with Crippen LogP contribution in [0.2, 0.25) is 0 Å². The fourth-order valence-corrected chi connectivity index (χ4v) is 1.66. The second-order valence-electron chi connectivity index (χ2n) is 3.52. The van der Waals surface area contributed by atoms with Gasteiger partial charge >= 0.3 is 11.9 Å². The number of hydrogen-bond donors (Lipinski definition) is 2. The first kappa shape index (κ1) is 11.0. The summed E-state index contributed by atoms with van der Waals surface area (Å²) >= 11 is 0. The van der Waals surface area contributed by atoms with E-state index in [-0.39, 0.29) is 12.1 Å². The zero-order valence-corrected chi connectivity index (χ0v) is 8.29. The van der Waals surface area contributed by atoms with Crippen molar-refractivity contribution in [2.45, 2.75) is 37.8 Å². The van der Waals surface area contributed by atoms with Gasteiger partial charge in [-0.2, -0.15) is 0 Å². The zero-order chi connectivity index (χ0) is 10.6. The second kappa shape index (κ2) is 4.95. The molecule has 5 nitrogen and oxygen atoms in total. The molecule has 14 heavy (non-hydrogen) atoms. The van der Waals surface area contributed by atoms with Crippen molar-refractivity contribution >= 4 is 11.9 Å². The number of hydrogen-bond acceptors (Lipinski definition) is 4. The smallest absolute Gasteiger partial charge is 0.396 e. The van der Waals surface area contributed by atoms with E-state index in [1.165, 1.54) is 7.11 Å². The molecule has 0 spiro atoms. The molecule has 0 bridgehead atoms. The summed E-state index contributed by atoms with van der Waals surface area (Å²) < 4.78 is 4.30. The van der Waals surface area contributed by atoms with E-state index in [4.69, 9.17) is 5.73 Å². The quantitative estimate of drug-likeness (QED) is 0.443. The number of ether oxygens (including phenoxy) is 1. The summed E-state index contributed by atoms with van der Waals surface area (Å²) in [5.74, 6) is -1.56. The first-order valence-electron chi connectivity index (χ1n) is 4.79. The van der Waals surface area contributed by atoms with E-state index < -0.39 is 11.9 Å². The number of carbonyl (C=O) groups is 2. The second-order valence-corrected chi connectivity index (χ2v) is 3.52. The van der Waals surface area contributed by atoms with Gasteiger partial charge in [-0.3, -0.25) is 4.79 Å². The fourth-order valence-electron chi connectivity index (χ4n) is 1.66. The summed E-state index contributed by atoms with van der Waals surface area (Å²) in [5, 5.41) is 2.58. The van der Waals surface area contributed by atoms with Crippen LogP contribution in [0.1, 0.15) is 25.7 Å². The molecule has 1 rings (SSSR count). The lowest BCUT2D eigenvalue weighted by Gasteiger charge is -2.28. The maximum atomic E-state index is 11.1. The number of methoxy groups -OCH3 is 1. The highest BCUT2D eigenvalue weighted by Crippen LogP contribution is 2.16. The van der Waals surface area contributed by atoms with E-state index in [0.717, 1.165) is 25.7 Å². The van der Waals surface area contributed by atoms with Crippen molar-refractivity contribution in [2.24, 2.45) is 5.73 Å². The number of nitrogens with two attached hydrogens (primary N) is 1. The Labute approximate surface area is 83.0 Å². The summed E-state index contributed by atoms with van der Waals surface area (Å²) in [6.07, 6.45) is 3.86. The van der Waals surface area contributed by atoms with Gasteiger partial charge in [-0.1, -0.05) is 12.8 Å². The van der Waals surface area contributed by atoms with Crippen LogP contribution in [-0.2, 0) is 14.3 Å². The average molecular weight is 200 g/mol. The van der Waals surface area contributed by atoms with Crippen LogP contribution >= 0.6 is 0 Å². The highest BCUT2D eigenvalue weighted by atomic mass is 16.5. The molecular formula is C9H16N2O3. The van der Waals surface area contributed by atoms with Crippen LogP contribution in [0.3, 0.4) is 0 Å². The van der Waals surface area contributed by atoms with Crippen LogP contribution in [0.15, 0.2) is 0 Å². The number of rotatable bonds is 1. The van der Waals surface area contributed by atoms with E-state index in [0.29, 0.717) is 0 Å². The van der Waals surface area contributed by atoms with Crippen LogP contribution in [0, 0.1) is 0 Å². The van der Waals surface area contributed by atoms with Gasteiger partial charge in [-0.15, -0.1) is 0 Å². The number of nitrogens with one attached hydrogen (secondary N) is 1. The van der Waals surface area contributed by atoms with E-state index in [1.54, 1.807) is 0 Å². The van der Waals surface area contributed by atoms with Crippen molar-refractivity contribution in [3.8, 4) is 0 Å². The summed E-state index contributed by atoms with van der Waals surface area (Å²) in [6.45, 7) is 0. The van der Waals surface area contributed by atoms with Crippen LogP contribution < -0.4 is 11.1 Å². The minimum Gasteiger partial charge on any atom is -0.462 e. The number of carbonyl (C=O) groups excluding carboxylic acids is 2. The van der Waals surface area contributed by atoms with Crippen molar-refractivity contribution in [3.63, 3.8) is 0 Å². The molecule has 0 aromatic heterocycles. The Balaban J connectivity index is 2.42. The molecular weight excluding hydrogens is 184 g/mol. The molecule has 0 saturated heterocycles. The largest absolute Gasteiger partial charge is 0.462 e. The minimum absolute atomic E-state index is 0.0441. The molecule has 2 atom stereocenters. The van der Waals surface area contributed by atoms with Crippen LogP contribution in [0.4, 0.5) is 0 Å². The third-order valence-corrected chi connectivity index (χ3v) is 2.51. The Kier molecular flexibility index (Phi) is 3.88. The molecule has 0 aliphatic heterocycles. The summed E-state index contributed by atoms with van der Waals surface area (Å²) in [6, 6.07) is -0.132. The van der Waals surface area contributed by atoms with Gasteiger partial charge in [0.1, 0.15) is 0 Å². The van der Waals surface area contributed by atoms with Crippen LogP contribution in [-0.4, -0.2) is 31.1 Å². The van der Waals surface area contributed by atoms with Crippen molar-refractivity contribution < 1.29 is 14.3 Å². The monoisotopic (exact) mass is 200 g/mol. The molecule has 1 aliphatic carbocycles. The predicted octanol–water partition coefficient (Wildman–Crippen LogP) is -0.454.